The molecular formula is C74H89BN4O2. The fraction of sp³-hybridized carbons (Fsp3) is 0.405. The third-order valence-corrected chi connectivity index (χ3v) is 17.3. The van der Waals surface area contributed by atoms with Crippen molar-refractivity contribution in [3.8, 4) is 44.5 Å². The highest BCUT2D eigenvalue weighted by Crippen LogP contribution is 2.44. The van der Waals surface area contributed by atoms with Crippen molar-refractivity contribution in [3.05, 3.63) is 159 Å². The number of hydrogen-bond donors (Lipinski definition) is 2. The van der Waals surface area contributed by atoms with Crippen LogP contribution in [0.5, 0.6) is 0 Å². The summed E-state index contributed by atoms with van der Waals surface area (Å²) < 4.78 is 13.1. The summed E-state index contributed by atoms with van der Waals surface area (Å²) in [5.74, 6) is 0. The van der Waals surface area contributed by atoms with Gasteiger partial charge in [0.15, 0.2) is 0 Å². The van der Waals surface area contributed by atoms with Gasteiger partial charge in [-0.1, -0.05) is 203 Å². The van der Waals surface area contributed by atoms with Crippen LogP contribution < -0.4 is 5.46 Å². The van der Waals surface area contributed by atoms with Crippen molar-refractivity contribution in [3.63, 3.8) is 0 Å². The van der Waals surface area contributed by atoms with Crippen molar-refractivity contribution < 1.29 is 9.31 Å². The van der Waals surface area contributed by atoms with Crippen LogP contribution in [0, 0.1) is 0 Å². The number of aromatic nitrogens is 4. The van der Waals surface area contributed by atoms with E-state index in [9.17, 15) is 0 Å². The van der Waals surface area contributed by atoms with Crippen molar-refractivity contribution in [2.75, 3.05) is 0 Å². The molecular weight excluding hydrogens is 988 g/mol. The topological polar surface area (TPSA) is 75.8 Å². The van der Waals surface area contributed by atoms with E-state index < -0.39 is 18.3 Å². The maximum atomic E-state index is 6.57. The lowest BCUT2D eigenvalue weighted by molar-refractivity contribution is 0.00578. The van der Waals surface area contributed by atoms with E-state index in [0.717, 1.165) is 94.8 Å². The minimum atomic E-state index is -0.488. The van der Waals surface area contributed by atoms with E-state index >= 15 is 0 Å². The minimum absolute atomic E-state index is 0.106. The van der Waals surface area contributed by atoms with Gasteiger partial charge in [-0.2, -0.15) is 0 Å². The van der Waals surface area contributed by atoms with Crippen LogP contribution in [-0.4, -0.2) is 38.3 Å². The van der Waals surface area contributed by atoms with Gasteiger partial charge in [0.25, 0.3) is 0 Å². The molecule has 0 aliphatic carbocycles. The lowest BCUT2D eigenvalue weighted by atomic mass is 9.78. The molecule has 81 heavy (non-hydrogen) atoms. The Morgan fingerprint density at radius 3 is 0.790 bits per heavy atom. The number of hydrogen-bond acceptors (Lipinski definition) is 4. The first kappa shape index (κ1) is 57.7. The molecule has 0 spiro atoms. The molecule has 8 bridgehead atoms. The molecule has 7 aromatic rings. The number of H-pyrrole nitrogens is 2. The summed E-state index contributed by atoms with van der Waals surface area (Å²) in [5, 5.41) is 0. The summed E-state index contributed by atoms with van der Waals surface area (Å²) >= 11 is 0. The molecule has 4 aromatic carbocycles. The van der Waals surface area contributed by atoms with E-state index in [1.54, 1.807) is 0 Å². The lowest BCUT2D eigenvalue weighted by Gasteiger charge is -2.32. The maximum Gasteiger partial charge on any atom is 0.494 e. The third-order valence-electron chi connectivity index (χ3n) is 17.3. The van der Waals surface area contributed by atoms with Gasteiger partial charge in [0.1, 0.15) is 0 Å². The number of benzene rings is 4. The Labute approximate surface area is 485 Å². The SMILES string of the molecule is CC(C)(C)c1cc(-c2c3nc(c(-c4cc(C(C)(C)C)cc(C(C)(C)C)c4)c4ccc([nH]4)c(-c4cc(C(C)(C)C)cc(C(C)(C)C)c4)c4nc(c(-c5ccc(B6OC(C)(C)C(C)(C)O6)cc5)c5ccc2[nH]5)C=C4)C=C3)cc(C(C)(C)C)c1. The summed E-state index contributed by atoms with van der Waals surface area (Å²) in [6.45, 7) is 50.0. The molecule has 0 saturated carbocycles. The largest absolute Gasteiger partial charge is 0.494 e. The molecule has 3 aliphatic heterocycles. The average Bonchev–Trinajstić information content (AvgIpc) is 4.26. The first-order chi connectivity index (χ1) is 37.4. The van der Waals surface area contributed by atoms with Crippen LogP contribution in [0.1, 0.15) is 208 Å². The van der Waals surface area contributed by atoms with Gasteiger partial charge in [0, 0.05) is 44.3 Å². The smallest absolute Gasteiger partial charge is 0.399 e. The van der Waals surface area contributed by atoms with Gasteiger partial charge in [-0.05, 0) is 170 Å². The monoisotopic (exact) mass is 1080 g/mol. The van der Waals surface area contributed by atoms with E-state index in [1.165, 1.54) is 33.4 Å². The Morgan fingerprint density at radius 2 is 0.556 bits per heavy atom. The standard InChI is InChI=1S/C74H89BN4O2/c1-67(2,3)48-35-45(36-49(41-48)68(4,5)6)64-57-29-27-55(76-57)63(44-23-25-54(26-24-44)75-80-73(19,20)74(21,22)81-75)56-28-30-58(77-56)65(46-37-50(69(7,8)9)42-51(38-46)70(10,11)12)60-32-34-62(79-60)66(61-33-31-59(64)78-61)47-39-52(71(13,14)15)43-53(40-47)72(16,17)18/h23-43,76,79H,1-22H3. The number of rotatable bonds is 5. The van der Waals surface area contributed by atoms with E-state index in [2.05, 4.69) is 290 Å². The van der Waals surface area contributed by atoms with Gasteiger partial charge in [-0.25, -0.2) is 9.97 Å². The Hall–Kier alpha value is -6.54. The van der Waals surface area contributed by atoms with Crippen LogP contribution >= 0.6 is 0 Å². The van der Waals surface area contributed by atoms with Gasteiger partial charge in [0.2, 0.25) is 0 Å². The molecule has 10 rings (SSSR count). The van der Waals surface area contributed by atoms with Crippen molar-refractivity contribution in [1.82, 2.24) is 19.9 Å². The van der Waals surface area contributed by atoms with Crippen LogP contribution in [0.25, 0.3) is 90.9 Å². The second-order valence-electron chi connectivity index (χ2n) is 30.6. The Balaban J connectivity index is 1.39. The summed E-state index contributed by atoms with van der Waals surface area (Å²) in [4.78, 5) is 19.8. The molecule has 0 amide bonds. The summed E-state index contributed by atoms with van der Waals surface area (Å²) in [7, 11) is -0.488. The highest BCUT2D eigenvalue weighted by atomic mass is 16.7. The summed E-state index contributed by atoms with van der Waals surface area (Å²) in [6.07, 6.45) is 8.89. The van der Waals surface area contributed by atoms with Crippen molar-refractivity contribution in [1.29, 1.82) is 0 Å². The molecule has 420 valence electrons. The van der Waals surface area contributed by atoms with Gasteiger partial charge < -0.3 is 19.3 Å². The fourth-order valence-corrected chi connectivity index (χ4v) is 11.1. The van der Waals surface area contributed by atoms with Crippen LogP contribution in [-0.2, 0) is 41.8 Å². The minimum Gasteiger partial charge on any atom is -0.399 e. The van der Waals surface area contributed by atoms with Gasteiger partial charge in [-0.3, -0.25) is 0 Å². The zero-order valence-electron chi connectivity index (χ0n) is 52.9. The molecule has 3 aromatic heterocycles. The second-order valence-corrected chi connectivity index (χ2v) is 30.6. The summed E-state index contributed by atoms with van der Waals surface area (Å²) in [6, 6.07) is 39.3. The fourth-order valence-electron chi connectivity index (χ4n) is 11.1. The third kappa shape index (κ3) is 11.3. The predicted octanol–water partition coefficient (Wildman–Crippen LogP) is 19.4. The number of nitrogens with zero attached hydrogens (tertiary/aromatic N) is 2. The molecule has 3 aliphatic rings. The van der Waals surface area contributed by atoms with Crippen LogP contribution in [0.2, 0.25) is 0 Å². The van der Waals surface area contributed by atoms with Crippen molar-refractivity contribution in [2.45, 2.75) is 196 Å². The van der Waals surface area contributed by atoms with Crippen molar-refractivity contribution >= 4 is 59.0 Å². The first-order valence-corrected chi connectivity index (χ1v) is 29.5. The van der Waals surface area contributed by atoms with Gasteiger partial charge in [-0.15, -0.1) is 0 Å². The van der Waals surface area contributed by atoms with Gasteiger partial charge in [0.05, 0.1) is 34.0 Å². The van der Waals surface area contributed by atoms with E-state index in [0.29, 0.717) is 0 Å². The zero-order valence-corrected chi connectivity index (χ0v) is 52.9. The van der Waals surface area contributed by atoms with Crippen molar-refractivity contribution in [2.24, 2.45) is 0 Å². The highest BCUT2D eigenvalue weighted by molar-refractivity contribution is 6.62. The molecule has 1 fully saturated rings. The molecule has 1 saturated heterocycles. The van der Waals surface area contributed by atoms with Crippen LogP contribution in [0.4, 0.5) is 0 Å². The van der Waals surface area contributed by atoms with Crippen LogP contribution in [0.15, 0.2) is 103 Å². The quantitative estimate of drug-likeness (QED) is 0.168. The molecule has 2 N–H and O–H groups in total. The molecule has 6 heterocycles. The first-order valence-electron chi connectivity index (χ1n) is 29.5. The second kappa shape index (κ2) is 19.6. The number of fused-ring (bicyclic) bond motifs is 8. The Bertz CT molecular complexity index is 3680. The summed E-state index contributed by atoms with van der Waals surface area (Å²) in [5.41, 5.74) is 23.0. The highest BCUT2D eigenvalue weighted by Gasteiger charge is 2.51. The molecule has 0 atom stereocenters. The average molecular weight is 1080 g/mol. The van der Waals surface area contributed by atoms with Gasteiger partial charge >= 0.3 is 7.12 Å². The predicted molar refractivity (Wildman–Crippen MR) is 349 cm³/mol. The lowest BCUT2D eigenvalue weighted by Crippen LogP contribution is -2.41. The number of nitrogens with one attached hydrogen (secondary N) is 2. The number of aromatic amines is 2. The normalized spacial score (nSPS) is 15.8. The molecule has 7 heteroatoms. The maximum absolute atomic E-state index is 6.57. The van der Waals surface area contributed by atoms with Crippen LogP contribution in [0.3, 0.4) is 0 Å². The van der Waals surface area contributed by atoms with E-state index in [1.807, 2.05) is 0 Å². The Morgan fingerprint density at radius 1 is 0.321 bits per heavy atom. The zero-order chi connectivity index (χ0) is 58.9. The molecule has 6 nitrogen and oxygen atoms in total. The molecule has 0 unspecified atom stereocenters. The van der Waals surface area contributed by atoms with E-state index in [4.69, 9.17) is 19.3 Å². The van der Waals surface area contributed by atoms with E-state index in [-0.39, 0.29) is 32.5 Å². The Kier molecular flexibility index (Phi) is 13.9. The molecule has 0 radical (unpaired) electrons.